The monoisotopic (exact) mass is 295 g/mol. The lowest BCUT2D eigenvalue weighted by Crippen LogP contribution is -2.38. The largest absolute Gasteiger partial charge is 0.409 e. The fraction of sp³-hybridized carbons (Fsp3) is 0.571. The Morgan fingerprint density at radius 1 is 1.65 bits per heavy atom. The number of amides is 1. The molecular formula is C14H21N3O2S. The number of nitrogens with two attached hydrogens (primary N) is 1. The van der Waals surface area contributed by atoms with Crippen molar-refractivity contribution >= 4 is 23.1 Å². The third-order valence-electron chi connectivity index (χ3n) is 3.81. The third-order valence-corrected chi connectivity index (χ3v) is 4.81. The minimum Gasteiger partial charge on any atom is -0.409 e. The summed E-state index contributed by atoms with van der Waals surface area (Å²) in [6.07, 6.45) is 3.48. The van der Waals surface area contributed by atoms with E-state index in [1.807, 2.05) is 6.92 Å². The maximum atomic E-state index is 12.7. The van der Waals surface area contributed by atoms with E-state index in [0.29, 0.717) is 19.5 Å². The first-order chi connectivity index (χ1) is 9.67. The first kappa shape index (κ1) is 14.8. The SMILES string of the molecule is CCN(CC/C(N)=N/O)C(=O)C1CCCc2sccc21. The van der Waals surface area contributed by atoms with E-state index in [4.69, 9.17) is 10.9 Å². The number of thiophene rings is 1. The molecule has 0 aliphatic heterocycles. The number of hydrogen-bond donors (Lipinski definition) is 2. The average molecular weight is 295 g/mol. The van der Waals surface area contributed by atoms with Crippen LogP contribution in [0.3, 0.4) is 0 Å². The Hall–Kier alpha value is -1.56. The molecule has 6 heteroatoms. The van der Waals surface area contributed by atoms with Crippen LogP contribution in [-0.4, -0.2) is 34.9 Å². The highest BCUT2D eigenvalue weighted by atomic mass is 32.1. The predicted octanol–water partition coefficient (Wildman–Crippen LogP) is 2.15. The van der Waals surface area contributed by atoms with Gasteiger partial charge in [0.1, 0.15) is 5.84 Å². The lowest BCUT2D eigenvalue weighted by molar-refractivity contribution is -0.132. The van der Waals surface area contributed by atoms with E-state index in [2.05, 4.69) is 16.6 Å². The second-order valence-corrected chi connectivity index (χ2v) is 6.00. The highest BCUT2D eigenvalue weighted by Gasteiger charge is 2.30. The van der Waals surface area contributed by atoms with Crippen molar-refractivity contribution in [3.63, 3.8) is 0 Å². The van der Waals surface area contributed by atoms with E-state index in [1.165, 1.54) is 10.4 Å². The van der Waals surface area contributed by atoms with Gasteiger partial charge in [0.25, 0.3) is 0 Å². The van der Waals surface area contributed by atoms with Crippen LogP contribution in [0.15, 0.2) is 16.6 Å². The van der Waals surface area contributed by atoms with Gasteiger partial charge in [0.15, 0.2) is 0 Å². The van der Waals surface area contributed by atoms with E-state index >= 15 is 0 Å². The minimum atomic E-state index is -0.0164. The molecule has 0 saturated heterocycles. The molecule has 0 bridgehead atoms. The van der Waals surface area contributed by atoms with Crippen molar-refractivity contribution in [3.05, 3.63) is 21.9 Å². The smallest absolute Gasteiger partial charge is 0.230 e. The summed E-state index contributed by atoms with van der Waals surface area (Å²) in [5, 5.41) is 13.6. The fourth-order valence-corrected chi connectivity index (χ4v) is 3.67. The topological polar surface area (TPSA) is 78.9 Å². The maximum absolute atomic E-state index is 12.7. The molecule has 20 heavy (non-hydrogen) atoms. The summed E-state index contributed by atoms with van der Waals surface area (Å²) in [6, 6.07) is 2.08. The number of likely N-dealkylation sites (N-methyl/N-ethyl adjacent to an activating group) is 1. The standard InChI is InChI=1S/C14H21N3O2S/c1-2-17(8-6-13(15)16-19)14(18)11-4-3-5-12-10(11)7-9-20-12/h7,9,11,19H,2-6,8H2,1H3,(H2,15,16). The zero-order valence-electron chi connectivity index (χ0n) is 11.7. The molecule has 1 unspecified atom stereocenters. The van der Waals surface area contributed by atoms with Crippen molar-refractivity contribution in [2.24, 2.45) is 10.9 Å². The van der Waals surface area contributed by atoms with Crippen LogP contribution in [0.25, 0.3) is 0 Å². The zero-order chi connectivity index (χ0) is 14.5. The summed E-state index contributed by atoms with van der Waals surface area (Å²) in [6.45, 7) is 3.11. The second kappa shape index (κ2) is 6.74. The molecule has 0 spiro atoms. The van der Waals surface area contributed by atoms with Gasteiger partial charge in [-0.1, -0.05) is 5.16 Å². The van der Waals surface area contributed by atoms with Gasteiger partial charge in [0.2, 0.25) is 5.91 Å². The Balaban J connectivity index is 2.06. The molecule has 1 atom stereocenters. The van der Waals surface area contributed by atoms with Crippen LogP contribution in [0.1, 0.15) is 42.5 Å². The predicted molar refractivity (Wildman–Crippen MR) is 80.3 cm³/mol. The summed E-state index contributed by atoms with van der Waals surface area (Å²) in [7, 11) is 0. The summed E-state index contributed by atoms with van der Waals surface area (Å²) < 4.78 is 0. The van der Waals surface area contributed by atoms with E-state index in [-0.39, 0.29) is 17.7 Å². The molecule has 1 aromatic rings. The second-order valence-electron chi connectivity index (χ2n) is 5.00. The number of oxime groups is 1. The molecule has 0 radical (unpaired) electrons. The quantitative estimate of drug-likeness (QED) is 0.378. The van der Waals surface area contributed by atoms with Crippen molar-refractivity contribution in [1.82, 2.24) is 4.90 Å². The van der Waals surface area contributed by atoms with Gasteiger partial charge in [-0.3, -0.25) is 4.79 Å². The number of carbonyl (C=O) groups is 1. The highest BCUT2D eigenvalue weighted by molar-refractivity contribution is 7.10. The first-order valence-electron chi connectivity index (χ1n) is 6.98. The van der Waals surface area contributed by atoms with Gasteiger partial charge >= 0.3 is 0 Å². The summed E-state index contributed by atoms with van der Waals surface area (Å²) in [5.41, 5.74) is 6.68. The Bertz CT molecular complexity index is 498. The van der Waals surface area contributed by atoms with Gasteiger partial charge in [0.05, 0.1) is 5.92 Å². The van der Waals surface area contributed by atoms with Crippen LogP contribution in [0, 0.1) is 0 Å². The molecule has 1 aliphatic carbocycles. The first-order valence-corrected chi connectivity index (χ1v) is 7.86. The molecule has 1 amide bonds. The van der Waals surface area contributed by atoms with Crippen LogP contribution in [0.2, 0.25) is 0 Å². The van der Waals surface area contributed by atoms with E-state index in [1.54, 1.807) is 16.2 Å². The van der Waals surface area contributed by atoms with Crippen molar-refractivity contribution in [2.75, 3.05) is 13.1 Å². The normalized spacial score (nSPS) is 18.6. The lowest BCUT2D eigenvalue weighted by atomic mass is 9.86. The molecule has 1 aromatic heterocycles. The number of nitrogens with zero attached hydrogens (tertiary/aromatic N) is 2. The van der Waals surface area contributed by atoms with E-state index in [9.17, 15) is 4.79 Å². The van der Waals surface area contributed by atoms with Gasteiger partial charge in [-0.05, 0) is 43.2 Å². The molecule has 1 aliphatic rings. The minimum absolute atomic E-state index is 0.0164. The van der Waals surface area contributed by atoms with Crippen molar-refractivity contribution in [2.45, 2.75) is 38.5 Å². The van der Waals surface area contributed by atoms with Gasteiger partial charge in [-0.25, -0.2) is 0 Å². The average Bonchev–Trinajstić information content (AvgIpc) is 2.95. The van der Waals surface area contributed by atoms with Gasteiger partial charge in [0, 0.05) is 24.4 Å². The van der Waals surface area contributed by atoms with E-state index in [0.717, 1.165) is 19.3 Å². The maximum Gasteiger partial charge on any atom is 0.230 e. The van der Waals surface area contributed by atoms with Crippen molar-refractivity contribution in [1.29, 1.82) is 0 Å². The molecule has 0 fully saturated rings. The Morgan fingerprint density at radius 2 is 2.45 bits per heavy atom. The molecule has 0 aromatic carbocycles. The third kappa shape index (κ3) is 3.12. The molecule has 110 valence electrons. The van der Waals surface area contributed by atoms with Crippen LogP contribution in [0.4, 0.5) is 0 Å². The molecule has 2 rings (SSSR count). The van der Waals surface area contributed by atoms with Gasteiger partial charge in [-0.15, -0.1) is 11.3 Å². The summed E-state index contributed by atoms with van der Waals surface area (Å²) >= 11 is 1.74. The van der Waals surface area contributed by atoms with Crippen LogP contribution >= 0.6 is 11.3 Å². The lowest BCUT2D eigenvalue weighted by Gasteiger charge is -2.28. The summed E-state index contributed by atoms with van der Waals surface area (Å²) in [5.74, 6) is 0.311. The number of carbonyl (C=O) groups excluding carboxylic acids is 1. The number of amidine groups is 1. The van der Waals surface area contributed by atoms with Crippen LogP contribution in [0.5, 0.6) is 0 Å². The van der Waals surface area contributed by atoms with Gasteiger partial charge in [-0.2, -0.15) is 0 Å². The number of fused-ring (bicyclic) bond motifs is 1. The van der Waals surface area contributed by atoms with Gasteiger partial charge < -0.3 is 15.8 Å². The number of hydrogen-bond acceptors (Lipinski definition) is 4. The Kier molecular flexibility index (Phi) is 5.00. The van der Waals surface area contributed by atoms with Crippen molar-refractivity contribution in [3.8, 4) is 0 Å². The Morgan fingerprint density at radius 3 is 3.15 bits per heavy atom. The molecule has 0 saturated carbocycles. The molecule has 1 heterocycles. The molecular weight excluding hydrogens is 274 g/mol. The zero-order valence-corrected chi connectivity index (χ0v) is 12.5. The summed E-state index contributed by atoms with van der Waals surface area (Å²) in [4.78, 5) is 15.8. The fourth-order valence-electron chi connectivity index (χ4n) is 2.69. The Labute approximate surface area is 123 Å². The number of rotatable bonds is 5. The van der Waals surface area contributed by atoms with Crippen LogP contribution < -0.4 is 5.73 Å². The highest BCUT2D eigenvalue weighted by Crippen LogP contribution is 2.36. The number of aryl methyl sites for hydroxylation is 1. The van der Waals surface area contributed by atoms with E-state index < -0.39 is 0 Å². The van der Waals surface area contributed by atoms with Crippen molar-refractivity contribution < 1.29 is 10.0 Å². The molecule has 3 N–H and O–H groups in total. The molecule has 5 nitrogen and oxygen atoms in total. The van der Waals surface area contributed by atoms with Crippen LogP contribution in [-0.2, 0) is 11.2 Å².